The van der Waals surface area contributed by atoms with Crippen molar-refractivity contribution < 1.29 is 14.6 Å². The minimum absolute atomic E-state index is 0.0217. The highest BCUT2D eigenvalue weighted by Gasteiger charge is 2.29. The van der Waals surface area contributed by atoms with Crippen molar-refractivity contribution in [1.82, 2.24) is 15.4 Å². The van der Waals surface area contributed by atoms with Crippen molar-refractivity contribution in [1.29, 1.82) is 0 Å². The monoisotopic (exact) mass is 401 g/mol. The highest BCUT2D eigenvalue weighted by Crippen LogP contribution is 2.33. The molecular formula is C17H19N7O5. The fraction of sp³-hybridized carbons (Fsp3) is 0.353. The molecule has 152 valence electrons. The van der Waals surface area contributed by atoms with Gasteiger partial charge in [-0.3, -0.25) is 35.9 Å². The molecule has 1 aromatic carbocycles. The Labute approximate surface area is 165 Å². The molecule has 1 aliphatic heterocycles. The predicted octanol–water partition coefficient (Wildman–Crippen LogP) is 2.29. The third-order valence-corrected chi connectivity index (χ3v) is 4.56. The second kappa shape index (κ2) is 8.46. The molecule has 2 aromatic rings. The van der Waals surface area contributed by atoms with E-state index in [1.165, 1.54) is 24.5 Å². The van der Waals surface area contributed by atoms with E-state index in [-0.39, 0.29) is 28.6 Å². The van der Waals surface area contributed by atoms with Crippen molar-refractivity contribution in [2.75, 3.05) is 23.4 Å². The van der Waals surface area contributed by atoms with Gasteiger partial charge in [-0.25, -0.2) is 9.97 Å². The number of nitro groups is 2. The first-order valence-corrected chi connectivity index (χ1v) is 8.92. The summed E-state index contributed by atoms with van der Waals surface area (Å²) in [4.78, 5) is 43.4. The summed E-state index contributed by atoms with van der Waals surface area (Å²) < 4.78 is 0. The third-order valence-electron chi connectivity index (χ3n) is 4.56. The van der Waals surface area contributed by atoms with Crippen LogP contribution in [0.25, 0.3) is 0 Å². The quantitative estimate of drug-likeness (QED) is 0.547. The Morgan fingerprint density at radius 1 is 1.24 bits per heavy atom. The van der Waals surface area contributed by atoms with Gasteiger partial charge in [0.2, 0.25) is 11.6 Å². The lowest BCUT2D eigenvalue weighted by molar-refractivity contribution is -0.384. The summed E-state index contributed by atoms with van der Waals surface area (Å²) in [6, 6.07) is 5.12. The Kier molecular flexibility index (Phi) is 5.81. The van der Waals surface area contributed by atoms with Crippen molar-refractivity contribution in [3.63, 3.8) is 0 Å². The molecule has 2 heterocycles. The lowest BCUT2D eigenvalue weighted by Crippen LogP contribution is -2.36. The van der Waals surface area contributed by atoms with E-state index in [9.17, 15) is 25.0 Å². The number of piperidine rings is 1. The van der Waals surface area contributed by atoms with Crippen LogP contribution in [-0.4, -0.2) is 38.8 Å². The van der Waals surface area contributed by atoms with Crippen molar-refractivity contribution in [2.45, 2.75) is 19.8 Å². The Bertz CT molecular complexity index is 952. The molecule has 0 saturated carbocycles. The average molecular weight is 401 g/mol. The van der Waals surface area contributed by atoms with Crippen molar-refractivity contribution >= 4 is 28.9 Å². The Hall–Kier alpha value is -3.83. The molecule has 0 radical (unpaired) electrons. The van der Waals surface area contributed by atoms with Gasteiger partial charge in [0.05, 0.1) is 9.85 Å². The number of benzene rings is 1. The third kappa shape index (κ3) is 4.54. The first-order chi connectivity index (χ1) is 13.9. The second-order valence-corrected chi connectivity index (χ2v) is 6.73. The lowest BCUT2D eigenvalue weighted by atomic mass is 10.0. The van der Waals surface area contributed by atoms with Gasteiger partial charge in [-0.15, -0.1) is 0 Å². The summed E-state index contributed by atoms with van der Waals surface area (Å²) in [5.74, 6) is -0.307. The number of amides is 1. The van der Waals surface area contributed by atoms with E-state index in [2.05, 4.69) is 27.7 Å². The number of non-ortho nitro benzene ring substituents is 1. The van der Waals surface area contributed by atoms with Gasteiger partial charge in [-0.2, -0.15) is 0 Å². The van der Waals surface area contributed by atoms with Gasteiger partial charge in [-0.1, -0.05) is 13.0 Å². The Morgan fingerprint density at radius 3 is 2.72 bits per heavy atom. The van der Waals surface area contributed by atoms with Crippen LogP contribution in [0.3, 0.4) is 0 Å². The number of nitro benzene ring substituents is 1. The lowest BCUT2D eigenvalue weighted by Gasteiger charge is -2.31. The van der Waals surface area contributed by atoms with Crippen LogP contribution in [0.15, 0.2) is 30.6 Å². The number of carbonyl (C=O) groups is 1. The molecule has 29 heavy (non-hydrogen) atoms. The molecule has 0 aliphatic carbocycles. The van der Waals surface area contributed by atoms with Gasteiger partial charge in [0, 0.05) is 30.8 Å². The van der Waals surface area contributed by atoms with Crippen LogP contribution < -0.4 is 15.8 Å². The summed E-state index contributed by atoms with van der Waals surface area (Å²) in [6.07, 6.45) is 3.12. The van der Waals surface area contributed by atoms with Crippen LogP contribution in [-0.2, 0) is 0 Å². The van der Waals surface area contributed by atoms with Crippen LogP contribution in [0.1, 0.15) is 30.1 Å². The van der Waals surface area contributed by atoms with Crippen LogP contribution in [0, 0.1) is 26.1 Å². The molecule has 1 fully saturated rings. The topological polar surface area (TPSA) is 156 Å². The summed E-state index contributed by atoms with van der Waals surface area (Å²) in [5, 5.41) is 22.5. The van der Waals surface area contributed by atoms with Gasteiger partial charge < -0.3 is 4.90 Å². The molecule has 12 nitrogen and oxygen atoms in total. The Morgan fingerprint density at radius 2 is 2.03 bits per heavy atom. The number of aromatic nitrogens is 2. The number of nitrogens with zero attached hydrogens (tertiary/aromatic N) is 5. The van der Waals surface area contributed by atoms with Gasteiger partial charge in [-0.05, 0) is 24.8 Å². The van der Waals surface area contributed by atoms with E-state index in [1.807, 2.05) is 4.90 Å². The van der Waals surface area contributed by atoms with Crippen molar-refractivity contribution in [3.05, 3.63) is 56.4 Å². The average Bonchev–Trinajstić information content (AvgIpc) is 2.71. The van der Waals surface area contributed by atoms with Crippen LogP contribution >= 0.6 is 0 Å². The Balaban J connectivity index is 1.81. The molecular weight excluding hydrogens is 382 g/mol. The normalized spacial score (nSPS) is 16.2. The van der Waals surface area contributed by atoms with E-state index in [0.29, 0.717) is 19.0 Å². The number of carbonyl (C=O) groups excluding carboxylic acids is 1. The van der Waals surface area contributed by atoms with E-state index >= 15 is 0 Å². The van der Waals surface area contributed by atoms with Crippen LogP contribution in [0.2, 0.25) is 0 Å². The fourth-order valence-electron chi connectivity index (χ4n) is 3.19. The molecule has 1 unspecified atom stereocenters. The first kappa shape index (κ1) is 19.9. The zero-order valence-corrected chi connectivity index (χ0v) is 15.6. The van der Waals surface area contributed by atoms with Crippen LogP contribution in [0.5, 0.6) is 0 Å². The molecule has 1 atom stereocenters. The molecule has 1 amide bonds. The van der Waals surface area contributed by atoms with E-state index in [4.69, 9.17) is 0 Å². The second-order valence-electron chi connectivity index (χ2n) is 6.73. The molecule has 2 N–H and O–H groups in total. The molecule has 1 aliphatic rings. The SMILES string of the molecule is CC1CCCN(c2ncnc(NNC(=O)c3cccc([N+](=O)[O-])c3)c2[N+](=O)[O-])C1. The maximum absolute atomic E-state index is 12.3. The number of hydrazine groups is 1. The zero-order valence-electron chi connectivity index (χ0n) is 15.6. The standard InChI is InChI=1S/C17H19N7O5/c1-11-4-3-7-22(9-11)16-14(24(28)29)15(18-10-19-16)20-21-17(25)12-5-2-6-13(8-12)23(26)27/h2,5-6,8,10-11H,3-4,7,9H2,1H3,(H,21,25)(H,18,19,20). The van der Waals surface area contributed by atoms with E-state index in [1.54, 1.807) is 0 Å². The smallest absolute Gasteiger partial charge is 0.350 e. The van der Waals surface area contributed by atoms with E-state index in [0.717, 1.165) is 18.9 Å². The van der Waals surface area contributed by atoms with Crippen LogP contribution in [0.4, 0.5) is 23.0 Å². The molecule has 1 saturated heterocycles. The fourth-order valence-corrected chi connectivity index (χ4v) is 3.19. The zero-order chi connectivity index (χ0) is 21.0. The first-order valence-electron chi connectivity index (χ1n) is 8.92. The van der Waals surface area contributed by atoms with Crippen molar-refractivity contribution in [2.24, 2.45) is 5.92 Å². The minimum atomic E-state index is -0.699. The molecule has 0 spiro atoms. The summed E-state index contributed by atoms with van der Waals surface area (Å²) in [7, 11) is 0. The largest absolute Gasteiger partial charge is 0.355 e. The predicted molar refractivity (Wildman–Crippen MR) is 103 cm³/mol. The number of nitrogens with one attached hydrogen (secondary N) is 2. The highest BCUT2D eigenvalue weighted by molar-refractivity contribution is 5.95. The molecule has 1 aromatic heterocycles. The molecule has 3 rings (SSSR count). The summed E-state index contributed by atoms with van der Waals surface area (Å²) in [6.45, 7) is 3.34. The van der Waals surface area contributed by atoms with Gasteiger partial charge in [0.25, 0.3) is 11.6 Å². The molecule has 12 heteroatoms. The number of anilines is 2. The summed E-state index contributed by atoms with van der Waals surface area (Å²) >= 11 is 0. The minimum Gasteiger partial charge on any atom is -0.350 e. The van der Waals surface area contributed by atoms with Gasteiger partial charge in [0.15, 0.2) is 0 Å². The number of hydrogen-bond donors (Lipinski definition) is 2. The maximum Gasteiger partial charge on any atom is 0.355 e. The highest BCUT2D eigenvalue weighted by atomic mass is 16.6. The van der Waals surface area contributed by atoms with E-state index < -0.39 is 15.8 Å². The van der Waals surface area contributed by atoms with Gasteiger partial charge >= 0.3 is 5.69 Å². The maximum atomic E-state index is 12.3. The van der Waals surface area contributed by atoms with Crippen molar-refractivity contribution in [3.8, 4) is 0 Å². The molecule has 0 bridgehead atoms. The van der Waals surface area contributed by atoms with Gasteiger partial charge in [0.1, 0.15) is 6.33 Å². The summed E-state index contributed by atoms with van der Waals surface area (Å²) in [5.41, 5.74) is 4.17. The number of rotatable bonds is 6. The number of hydrogen-bond acceptors (Lipinski definition) is 9.